The zero-order chi connectivity index (χ0) is 65.1. The fraction of sp³-hybridized carbons (Fsp3) is 0.239. The second kappa shape index (κ2) is 25.5. The Morgan fingerprint density at radius 2 is 1.08 bits per heavy atom. The van der Waals surface area contributed by atoms with Gasteiger partial charge in [-0.3, -0.25) is 0 Å². The topological polar surface area (TPSA) is 9.72 Å². The van der Waals surface area contributed by atoms with Crippen LogP contribution in [0.3, 0.4) is 0 Å². The Morgan fingerprint density at radius 1 is 0.448 bits per heavy atom. The Kier molecular flexibility index (Phi) is 16.3. The summed E-state index contributed by atoms with van der Waals surface area (Å²) in [6.45, 7) is 13.9. The first-order chi connectivity index (χ1) is 46.9. The number of hydrogen-bond donors (Lipinski definition) is 0. The average molecular weight is 1250 g/mol. The van der Waals surface area contributed by atoms with Crippen LogP contribution >= 0.6 is 0 Å². The first-order valence-electron chi connectivity index (χ1n) is 35.7. The Bertz CT molecular complexity index is 4590. The van der Waals surface area contributed by atoms with E-state index in [1.54, 1.807) is 0 Å². The zero-order valence-electron chi connectivity index (χ0n) is 56.8. The van der Waals surface area contributed by atoms with E-state index in [9.17, 15) is 0 Å². The van der Waals surface area contributed by atoms with Gasteiger partial charge in [0.05, 0.1) is 17.4 Å². The Labute approximate surface area is 571 Å². The van der Waals surface area contributed by atoms with Gasteiger partial charge in [0.1, 0.15) is 0 Å². The molecule has 0 amide bonds. The van der Waals surface area contributed by atoms with E-state index in [0.29, 0.717) is 11.8 Å². The summed E-state index contributed by atoms with van der Waals surface area (Å²) < 4.78 is 0. The summed E-state index contributed by atoms with van der Waals surface area (Å²) >= 11 is 0. The van der Waals surface area contributed by atoms with Crippen molar-refractivity contribution in [3.63, 3.8) is 0 Å². The highest BCUT2D eigenvalue weighted by molar-refractivity contribution is 7.00. The van der Waals surface area contributed by atoms with Crippen molar-refractivity contribution in [1.82, 2.24) is 0 Å². The van der Waals surface area contributed by atoms with Gasteiger partial charge in [-0.15, -0.1) is 0 Å². The summed E-state index contributed by atoms with van der Waals surface area (Å²) in [6, 6.07) is 61.4. The van der Waals surface area contributed by atoms with E-state index >= 15 is 0 Å². The van der Waals surface area contributed by atoms with Crippen LogP contribution in [0.15, 0.2) is 324 Å². The van der Waals surface area contributed by atoms with E-state index in [0.717, 1.165) is 74.8 Å². The summed E-state index contributed by atoms with van der Waals surface area (Å²) in [4.78, 5) is 8.25. The maximum Gasteiger partial charge on any atom is 0.252 e. The SMILES string of the molecule is CC(C)(C)c1ccc(N(c2ccc(C(C)(C)C)cc2)c2cc3c4c(c2)N(C2C=CC=CC2C2=CCCC=C2)c2cc(-c5ccccc5)ccc2B4c2ccc(-c4ccccc4)cc2N3C2=C(C3=CC=CC(C4C=CC=CC4)C3)CCC=C2C2C=CC=C(C3=CC=CCC3)C2)cc1. The number of anilines is 7. The number of nitrogens with zero attached hydrogens (tertiary/aromatic N) is 3. The Hall–Kier alpha value is -9.64. The van der Waals surface area contributed by atoms with Gasteiger partial charge in [0.25, 0.3) is 6.71 Å². The highest BCUT2D eigenvalue weighted by atomic mass is 15.2. The zero-order valence-corrected chi connectivity index (χ0v) is 56.8. The van der Waals surface area contributed by atoms with E-state index < -0.39 is 0 Å². The van der Waals surface area contributed by atoms with Gasteiger partial charge in [-0.25, -0.2) is 0 Å². The molecule has 5 unspecified atom stereocenters. The van der Waals surface area contributed by atoms with E-state index in [4.69, 9.17) is 0 Å². The molecule has 7 aromatic rings. The van der Waals surface area contributed by atoms with Crippen LogP contribution in [0.1, 0.15) is 110 Å². The number of allylic oxidation sites excluding steroid dienone is 24. The molecule has 0 radical (unpaired) electrons. The maximum atomic E-state index is 2.86. The van der Waals surface area contributed by atoms with Crippen LogP contribution in [0.2, 0.25) is 0 Å². The van der Waals surface area contributed by atoms with Crippen molar-refractivity contribution >= 4 is 62.9 Å². The lowest BCUT2D eigenvalue weighted by atomic mass is 9.33. The van der Waals surface area contributed by atoms with Crippen LogP contribution in [0.25, 0.3) is 22.3 Å². The molecule has 474 valence electrons. The minimum absolute atomic E-state index is 0.0258. The molecule has 4 heteroatoms. The summed E-state index contributed by atoms with van der Waals surface area (Å²) in [5.41, 5.74) is 29.8. The van der Waals surface area contributed by atoms with Gasteiger partial charge in [-0.05, 0) is 212 Å². The monoisotopic (exact) mass is 1250 g/mol. The van der Waals surface area contributed by atoms with Crippen LogP contribution in [0, 0.1) is 23.7 Å². The molecule has 3 nitrogen and oxygen atoms in total. The molecule has 0 saturated carbocycles. The molecule has 2 aliphatic heterocycles. The normalized spacial score (nSPS) is 21.7. The van der Waals surface area contributed by atoms with Gasteiger partial charge in [-0.1, -0.05) is 278 Å². The van der Waals surface area contributed by atoms with Crippen molar-refractivity contribution in [1.29, 1.82) is 0 Å². The van der Waals surface area contributed by atoms with E-state index in [1.807, 2.05) is 0 Å². The molecule has 9 aliphatic rings. The molecule has 2 heterocycles. The molecule has 0 saturated heterocycles. The quantitative estimate of drug-likeness (QED) is 0.113. The number of fused-ring (bicyclic) bond motifs is 4. The summed E-state index contributed by atoms with van der Waals surface area (Å²) in [6.07, 6.45) is 59.9. The number of benzene rings is 7. The number of rotatable bonds is 12. The molecule has 96 heavy (non-hydrogen) atoms. The van der Waals surface area contributed by atoms with Crippen molar-refractivity contribution in [3.8, 4) is 22.3 Å². The van der Waals surface area contributed by atoms with Gasteiger partial charge in [0, 0.05) is 46.0 Å². The molecule has 7 aliphatic carbocycles. The van der Waals surface area contributed by atoms with Crippen molar-refractivity contribution in [2.45, 2.75) is 116 Å². The molecule has 16 rings (SSSR count). The van der Waals surface area contributed by atoms with Gasteiger partial charge < -0.3 is 14.7 Å². The Morgan fingerprint density at radius 3 is 1.74 bits per heavy atom. The molecule has 0 spiro atoms. The number of hydrogen-bond acceptors (Lipinski definition) is 3. The minimum Gasteiger partial charge on any atom is -0.334 e. The van der Waals surface area contributed by atoms with Crippen molar-refractivity contribution in [2.24, 2.45) is 23.7 Å². The third-order valence-corrected chi connectivity index (χ3v) is 21.9. The molecule has 7 aromatic carbocycles. The Balaban J connectivity index is 1.02. The fourth-order valence-electron chi connectivity index (χ4n) is 16.8. The van der Waals surface area contributed by atoms with E-state index in [1.165, 1.54) is 112 Å². The first kappa shape index (κ1) is 61.3. The highest BCUT2D eigenvalue weighted by Crippen LogP contribution is 2.53. The second-order valence-electron chi connectivity index (χ2n) is 29.9. The third-order valence-electron chi connectivity index (χ3n) is 21.9. The van der Waals surface area contributed by atoms with Crippen molar-refractivity contribution in [3.05, 3.63) is 336 Å². The maximum absolute atomic E-state index is 2.86. The van der Waals surface area contributed by atoms with Crippen molar-refractivity contribution in [2.75, 3.05) is 14.7 Å². The van der Waals surface area contributed by atoms with Crippen LogP contribution in [0.5, 0.6) is 0 Å². The predicted octanol–water partition coefficient (Wildman–Crippen LogP) is 22.3. The smallest absolute Gasteiger partial charge is 0.252 e. The van der Waals surface area contributed by atoms with E-state index in [2.05, 4.69) is 342 Å². The third kappa shape index (κ3) is 11.5. The fourth-order valence-corrected chi connectivity index (χ4v) is 16.8. The van der Waals surface area contributed by atoms with Gasteiger partial charge >= 0.3 is 0 Å². The summed E-state index contributed by atoms with van der Waals surface area (Å²) in [5, 5.41) is 0. The van der Waals surface area contributed by atoms with Gasteiger partial charge in [-0.2, -0.15) is 0 Å². The minimum atomic E-state index is -0.111. The molecular formula is C92H88BN3. The van der Waals surface area contributed by atoms with Crippen LogP contribution in [0.4, 0.5) is 39.8 Å². The second-order valence-corrected chi connectivity index (χ2v) is 29.9. The lowest BCUT2D eigenvalue weighted by molar-refractivity contribution is 0.468. The molecule has 0 fully saturated rings. The molecular weight excluding hydrogens is 1160 g/mol. The predicted molar refractivity (Wildman–Crippen MR) is 411 cm³/mol. The lowest BCUT2D eigenvalue weighted by Gasteiger charge is -2.49. The van der Waals surface area contributed by atoms with Crippen LogP contribution in [-0.2, 0) is 10.8 Å². The first-order valence-corrected chi connectivity index (χ1v) is 35.7. The average Bonchev–Trinajstić information content (AvgIpc) is 0.690. The summed E-state index contributed by atoms with van der Waals surface area (Å²) in [5.74, 6) is 1.07. The summed E-state index contributed by atoms with van der Waals surface area (Å²) in [7, 11) is 0. The lowest BCUT2D eigenvalue weighted by Crippen LogP contribution is -2.63. The van der Waals surface area contributed by atoms with Crippen molar-refractivity contribution < 1.29 is 0 Å². The van der Waals surface area contributed by atoms with E-state index in [-0.39, 0.29) is 35.4 Å². The highest BCUT2D eigenvalue weighted by Gasteiger charge is 2.48. The van der Waals surface area contributed by atoms with Gasteiger partial charge in [0.15, 0.2) is 0 Å². The van der Waals surface area contributed by atoms with Gasteiger partial charge in [0.2, 0.25) is 0 Å². The molecule has 0 aromatic heterocycles. The standard InChI is InChI=1S/C92H88BN3/c1-91(2,3)74-47-51-76(52-48-74)94(77-53-49-75(50-54-77)92(4,5)6)78-61-87-89-88(62-78)96(90-80(72-39-24-37-68(57-72)63-27-12-7-13-28-63)42-26-43-81(90)73-40-25-38-69(58-73)64-29-14-8-15-30-64)86-60-71(66-33-18-10-19-34-66)46-56-83(86)93(89)82-55-45-70(65-31-16-9-17-32-65)59-85(82)95(87)84-44-23-22-41-79(84)67-35-20-11-21-36-67/h7-10,12-14,16-20,22-25,27,29,31-41,43-56,59-63,68,73,79,84H,11,15,21,26,28,30,42,57-58H2,1-6H3. The van der Waals surface area contributed by atoms with Crippen LogP contribution in [-0.4, -0.2) is 12.8 Å². The molecule has 5 atom stereocenters. The molecule has 0 N–H and O–H groups in total. The molecule has 0 bridgehead atoms. The largest absolute Gasteiger partial charge is 0.334 e. The van der Waals surface area contributed by atoms with Crippen LogP contribution < -0.4 is 31.1 Å².